The van der Waals surface area contributed by atoms with E-state index in [0.29, 0.717) is 27.9 Å². The second kappa shape index (κ2) is 9.13. The number of nitrogens with one attached hydrogen (secondary N) is 1. The van der Waals surface area contributed by atoms with Gasteiger partial charge in [-0.25, -0.2) is 0 Å². The van der Waals surface area contributed by atoms with Crippen molar-refractivity contribution in [2.24, 2.45) is 5.73 Å². The minimum atomic E-state index is -0.643. The molecule has 0 bridgehead atoms. The predicted molar refractivity (Wildman–Crippen MR) is 87.0 cm³/mol. The van der Waals surface area contributed by atoms with Crippen LogP contribution in [0.2, 0.25) is 10.0 Å². The van der Waals surface area contributed by atoms with Crippen LogP contribution in [0.3, 0.4) is 0 Å². The molecule has 0 aliphatic heterocycles. The van der Waals surface area contributed by atoms with E-state index >= 15 is 0 Å². The number of hydrogen-bond acceptors (Lipinski definition) is 3. The molecule has 0 saturated heterocycles. The van der Waals surface area contributed by atoms with Gasteiger partial charge in [0.05, 0.1) is 5.02 Å². The first-order chi connectivity index (χ1) is 9.99. The molecule has 3 N–H and O–H groups in total. The Kier molecular flexibility index (Phi) is 7.86. The maximum Gasteiger partial charge on any atom is 0.260 e. The number of carbonyl (C=O) groups excluding carboxylic acids is 1. The second-order valence-corrected chi connectivity index (χ2v) is 5.68. The minimum absolute atomic E-state index is 0.167. The first-order valence-electron chi connectivity index (χ1n) is 7.12. The highest BCUT2D eigenvalue weighted by Gasteiger charge is 2.18. The zero-order chi connectivity index (χ0) is 15.8. The lowest BCUT2D eigenvalue weighted by Gasteiger charge is -2.18. The molecule has 0 radical (unpaired) electrons. The number of carbonyl (C=O) groups is 1. The van der Waals surface area contributed by atoms with Crippen molar-refractivity contribution in [2.75, 3.05) is 6.54 Å². The zero-order valence-corrected chi connectivity index (χ0v) is 13.9. The first kappa shape index (κ1) is 18.1. The average Bonchev–Trinajstić information content (AvgIpc) is 2.45. The molecule has 1 aromatic rings. The van der Waals surface area contributed by atoms with E-state index in [1.807, 2.05) is 0 Å². The molecule has 1 atom stereocenters. The second-order valence-electron chi connectivity index (χ2n) is 4.84. The lowest BCUT2D eigenvalue weighted by Crippen LogP contribution is -2.37. The fourth-order valence-electron chi connectivity index (χ4n) is 1.86. The van der Waals surface area contributed by atoms with Crippen molar-refractivity contribution in [3.05, 3.63) is 27.7 Å². The summed E-state index contributed by atoms with van der Waals surface area (Å²) in [4.78, 5) is 12.0. The standard InChI is InChI=1S/C15H22Cl2N2O2/c1-3-4-5-6-19-15(20)10(2)21-14-11(9-18)7-12(16)8-13(14)17/h7-8,10H,3-6,9,18H2,1-2H3,(H,19,20). The number of halogens is 2. The highest BCUT2D eigenvalue weighted by molar-refractivity contribution is 6.35. The van der Waals surface area contributed by atoms with E-state index in [0.717, 1.165) is 19.3 Å². The number of benzene rings is 1. The topological polar surface area (TPSA) is 64.3 Å². The molecule has 1 amide bonds. The van der Waals surface area contributed by atoms with Gasteiger partial charge in [0.1, 0.15) is 5.75 Å². The lowest BCUT2D eigenvalue weighted by atomic mass is 10.2. The van der Waals surface area contributed by atoms with Crippen LogP contribution in [0, 0.1) is 0 Å². The Bertz CT molecular complexity index is 481. The van der Waals surface area contributed by atoms with Gasteiger partial charge < -0.3 is 15.8 Å². The molecule has 1 aromatic carbocycles. The van der Waals surface area contributed by atoms with Gasteiger partial charge in [-0.1, -0.05) is 43.0 Å². The van der Waals surface area contributed by atoms with Gasteiger partial charge in [-0.05, 0) is 25.5 Å². The Labute approximate surface area is 135 Å². The van der Waals surface area contributed by atoms with Crippen molar-refractivity contribution in [1.82, 2.24) is 5.32 Å². The van der Waals surface area contributed by atoms with E-state index in [1.165, 1.54) is 0 Å². The van der Waals surface area contributed by atoms with Gasteiger partial charge in [0.2, 0.25) is 0 Å². The van der Waals surface area contributed by atoms with Crippen LogP contribution >= 0.6 is 23.2 Å². The molecule has 118 valence electrons. The summed E-state index contributed by atoms with van der Waals surface area (Å²) in [5.74, 6) is 0.250. The largest absolute Gasteiger partial charge is 0.479 e. The molecule has 4 nitrogen and oxygen atoms in total. The smallest absolute Gasteiger partial charge is 0.260 e. The molecule has 0 spiro atoms. The molecular weight excluding hydrogens is 311 g/mol. The minimum Gasteiger partial charge on any atom is -0.479 e. The summed E-state index contributed by atoms with van der Waals surface area (Å²) >= 11 is 12.0. The van der Waals surface area contributed by atoms with E-state index in [-0.39, 0.29) is 12.5 Å². The fraction of sp³-hybridized carbons (Fsp3) is 0.533. The van der Waals surface area contributed by atoms with Crippen molar-refractivity contribution in [3.63, 3.8) is 0 Å². The van der Waals surface area contributed by atoms with E-state index in [1.54, 1.807) is 19.1 Å². The molecule has 0 aromatic heterocycles. The summed E-state index contributed by atoms with van der Waals surface area (Å²) in [5, 5.41) is 3.69. The van der Waals surface area contributed by atoms with Gasteiger partial charge in [0.15, 0.2) is 6.10 Å². The Hall–Kier alpha value is -0.970. The highest BCUT2D eigenvalue weighted by atomic mass is 35.5. The Morgan fingerprint density at radius 2 is 2.10 bits per heavy atom. The molecule has 0 aliphatic rings. The first-order valence-corrected chi connectivity index (χ1v) is 7.87. The number of unbranched alkanes of at least 4 members (excludes halogenated alkanes) is 2. The molecule has 0 saturated carbocycles. The number of ether oxygens (including phenoxy) is 1. The quantitative estimate of drug-likeness (QED) is 0.716. The third-order valence-electron chi connectivity index (χ3n) is 3.05. The Morgan fingerprint density at radius 1 is 1.38 bits per heavy atom. The number of amides is 1. The average molecular weight is 333 g/mol. The number of hydrogen-bond donors (Lipinski definition) is 2. The normalized spacial score (nSPS) is 12.0. The maximum absolute atomic E-state index is 12.0. The van der Waals surface area contributed by atoms with Crippen molar-refractivity contribution in [3.8, 4) is 5.75 Å². The predicted octanol–water partition coefficient (Wildman–Crippen LogP) is 3.53. The molecular formula is C15H22Cl2N2O2. The van der Waals surface area contributed by atoms with Crippen LogP contribution in [0.25, 0.3) is 0 Å². The SMILES string of the molecule is CCCCCNC(=O)C(C)Oc1c(Cl)cc(Cl)cc1CN. The maximum atomic E-state index is 12.0. The molecule has 0 fully saturated rings. The molecule has 1 unspecified atom stereocenters. The van der Waals surface area contributed by atoms with Gasteiger partial charge >= 0.3 is 0 Å². The van der Waals surface area contributed by atoms with Crippen molar-refractivity contribution < 1.29 is 9.53 Å². The van der Waals surface area contributed by atoms with Gasteiger partial charge in [-0.15, -0.1) is 0 Å². The van der Waals surface area contributed by atoms with Crippen molar-refractivity contribution in [1.29, 1.82) is 0 Å². The van der Waals surface area contributed by atoms with Crippen LogP contribution in [-0.2, 0) is 11.3 Å². The van der Waals surface area contributed by atoms with Gasteiger partial charge in [-0.3, -0.25) is 4.79 Å². The molecule has 1 rings (SSSR count). The van der Waals surface area contributed by atoms with Crippen LogP contribution in [0.5, 0.6) is 5.75 Å². The summed E-state index contributed by atoms with van der Waals surface area (Å²) in [6.07, 6.45) is 2.53. The summed E-state index contributed by atoms with van der Waals surface area (Å²) in [7, 11) is 0. The highest BCUT2D eigenvalue weighted by Crippen LogP contribution is 2.32. The number of rotatable bonds is 8. The van der Waals surface area contributed by atoms with Crippen LogP contribution in [0.1, 0.15) is 38.7 Å². The summed E-state index contributed by atoms with van der Waals surface area (Å²) in [6.45, 7) is 4.68. The molecule has 21 heavy (non-hydrogen) atoms. The summed E-state index contributed by atoms with van der Waals surface area (Å²) < 4.78 is 5.66. The molecule has 6 heteroatoms. The number of nitrogens with two attached hydrogens (primary N) is 1. The van der Waals surface area contributed by atoms with Crippen LogP contribution in [-0.4, -0.2) is 18.6 Å². The molecule has 0 heterocycles. The third-order valence-corrected chi connectivity index (χ3v) is 3.55. The van der Waals surface area contributed by atoms with E-state index in [9.17, 15) is 4.79 Å². The third kappa shape index (κ3) is 5.73. The monoisotopic (exact) mass is 332 g/mol. The van der Waals surface area contributed by atoms with E-state index in [2.05, 4.69) is 12.2 Å². The van der Waals surface area contributed by atoms with Crippen LogP contribution in [0.15, 0.2) is 12.1 Å². The van der Waals surface area contributed by atoms with Crippen LogP contribution < -0.4 is 15.8 Å². The van der Waals surface area contributed by atoms with Gasteiger partial charge in [0, 0.05) is 23.7 Å². The van der Waals surface area contributed by atoms with Gasteiger partial charge in [0.25, 0.3) is 5.91 Å². The molecule has 0 aliphatic carbocycles. The summed E-state index contributed by atoms with van der Waals surface area (Å²) in [6, 6.07) is 3.26. The fourth-order valence-corrected chi connectivity index (χ4v) is 2.44. The van der Waals surface area contributed by atoms with E-state index in [4.69, 9.17) is 33.7 Å². The van der Waals surface area contributed by atoms with E-state index < -0.39 is 6.10 Å². The summed E-state index contributed by atoms with van der Waals surface area (Å²) in [5.41, 5.74) is 6.33. The van der Waals surface area contributed by atoms with Gasteiger partial charge in [-0.2, -0.15) is 0 Å². The Morgan fingerprint density at radius 3 is 2.71 bits per heavy atom. The van der Waals surface area contributed by atoms with Crippen molar-refractivity contribution >= 4 is 29.1 Å². The Balaban J connectivity index is 2.65. The lowest BCUT2D eigenvalue weighted by molar-refractivity contribution is -0.127. The zero-order valence-electron chi connectivity index (χ0n) is 12.4. The van der Waals surface area contributed by atoms with Crippen LogP contribution in [0.4, 0.5) is 0 Å². The van der Waals surface area contributed by atoms with Crippen molar-refractivity contribution in [2.45, 2.75) is 45.8 Å².